The SMILES string of the molecule is C=C(C)C(=C(C)C)[C@H]1CNC(=O)[C@@H]1C(=C)Nc1cccc(F)c1O. The van der Waals surface area contributed by atoms with Crippen LogP contribution in [0.4, 0.5) is 10.1 Å². The van der Waals surface area contributed by atoms with Crippen LogP contribution in [0.15, 0.2) is 53.8 Å². The molecule has 128 valence electrons. The first-order chi connectivity index (χ1) is 11.2. The Morgan fingerprint density at radius 2 is 2.00 bits per heavy atom. The Kier molecular flexibility index (Phi) is 5.12. The van der Waals surface area contributed by atoms with Crippen LogP contribution >= 0.6 is 0 Å². The van der Waals surface area contributed by atoms with Crippen LogP contribution in [-0.2, 0) is 4.79 Å². The number of anilines is 1. The van der Waals surface area contributed by atoms with E-state index >= 15 is 0 Å². The average molecular weight is 330 g/mol. The first-order valence-electron chi connectivity index (χ1n) is 7.78. The molecule has 0 aliphatic carbocycles. The zero-order valence-corrected chi connectivity index (χ0v) is 14.2. The van der Waals surface area contributed by atoms with Crippen molar-refractivity contribution in [2.75, 3.05) is 11.9 Å². The summed E-state index contributed by atoms with van der Waals surface area (Å²) >= 11 is 0. The van der Waals surface area contributed by atoms with Gasteiger partial charge in [-0.25, -0.2) is 4.39 Å². The van der Waals surface area contributed by atoms with Gasteiger partial charge in [-0.3, -0.25) is 4.79 Å². The van der Waals surface area contributed by atoms with Gasteiger partial charge in [-0.15, -0.1) is 0 Å². The number of nitrogens with one attached hydrogen (secondary N) is 2. The molecule has 0 spiro atoms. The van der Waals surface area contributed by atoms with Crippen LogP contribution in [0.1, 0.15) is 20.8 Å². The zero-order chi connectivity index (χ0) is 18.0. The van der Waals surface area contributed by atoms with E-state index < -0.39 is 17.5 Å². The molecule has 0 unspecified atom stereocenters. The van der Waals surface area contributed by atoms with Crippen molar-refractivity contribution < 1.29 is 14.3 Å². The van der Waals surface area contributed by atoms with Crippen LogP contribution in [-0.4, -0.2) is 17.6 Å². The minimum Gasteiger partial charge on any atom is -0.503 e. The van der Waals surface area contributed by atoms with E-state index in [1.54, 1.807) is 0 Å². The summed E-state index contributed by atoms with van der Waals surface area (Å²) in [6.07, 6.45) is 0. The van der Waals surface area contributed by atoms with Gasteiger partial charge in [0, 0.05) is 18.2 Å². The molecule has 1 fully saturated rings. The highest BCUT2D eigenvalue weighted by atomic mass is 19.1. The second kappa shape index (κ2) is 6.91. The number of aromatic hydroxyl groups is 1. The molecule has 4 nitrogen and oxygen atoms in total. The van der Waals surface area contributed by atoms with E-state index in [0.717, 1.165) is 22.8 Å². The van der Waals surface area contributed by atoms with Crippen molar-refractivity contribution in [2.45, 2.75) is 20.8 Å². The number of amides is 1. The Bertz CT molecular complexity index is 733. The Hall–Kier alpha value is -2.56. The van der Waals surface area contributed by atoms with Crippen molar-refractivity contribution in [2.24, 2.45) is 11.8 Å². The lowest BCUT2D eigenvalue weighted by Gasteiger charge is -2.24. The van der Waals surface area contributed by atoms with E-state index in [1.165, 1.54) is 12.1 Å². The predicted octanol–water partition coefficient (Wildman–Crippen LogP) is 3.73. The summed E-state index contributed by atoms with van der Waals surface area (Å²) in [5.41, 5.74) is 3.63. The number of carbonyl (C=O) groups excluding carboxylic acids is 1. The first-order valence-corrected chi connectivity index (χ1v) is 7.78. The lowest BCUT2D eigenvalue weighted by molar-refractivity contribution is -0.121. The molecule has 0 aromatic heterocycles. The summed E-state index contributed by atoms with van der Waals surface area (Å²) in [5, 5.41) is 15.5. The maximum Gasteiger partial charge on any atom is 0.229 e. The summed E-state index contributed by atoms with van der Waals surface area (Å²) < 4.78 is 13.5. The summed E-state index contributed by atoms with van der Waals surface area (Å²) in [4.78, 5) is 12.3. The van der Waals surface area contributed by atoms with Crippen molar-refractivity contribution in [1.29, 1.82) is 0 Å². The third-order valence-electron chi connectivity index (χ3n) is 4.21. The molecule has 1 amide bonds. The summed E-state index contributed by atoms with van der Waals surface area (Å²) in [7, 11) is 0. The van der Waals surface area contributed by atoms with Crippen molar-refractivity contribution in [3.63, 3.8) is 0 Å². The third kappa shape index (κ3) is 3.35. The van der Waals surface area contributed by atoms with Gasteiger partial charge in [0.2, 0.25) is 5.91 Å². The number of hydrogen-bond acceptors (Lipinski definition) is 3. The second-order valence-electron chi connectivity index (χ2n) is 6.31. The van der Waals surface area contributed by atoms with Crippen LogP contribution in [0, 0.1) is 17.7 Å². The van der Waals surface area contributed by atoms with Gasteiger partial charge >= 0.3 is 0 Å². The minimum atomic E-state index is -0.729. The van der Waals surface area contributed by atoms with Gasteiger partial charge in [0.05, 0.1) is 11.6 Å². The van der Waals surface area contributed by atoms with Crippen molar-refractivity contribution in [1.82, 2.24) is 5.32 Å². The van der Waals surface area contributed by atoms with Crippen LogP contribution in [0.5, 0.6) is 5.75 Å². The number of phenolic OH excluding ortho intramolecular Hbond substituents is 1. The minimum absolute atomic E-state index is 0.101. The molecule has 2 atom stereocenters. The first kappa shape index (κ1) is 17.8. The van der Waals surface area contributed by atoms with E-state index in [2.05, 4.69) is 23.8 Å². The topological polar surface area (TPSA) is 61.4 Å². The Morgan fingerprint density at radius 1 is 1.33 bits per heavy atom. The summed E-state index contributed by atoms with van der Waals surface area (Å²) in [6.45, 7) is 14.3. The summed E-state index contributed by atoms with van der Waals surface area (Å²) in [5.74, 6) is -1.98. The lowest BCUT2D eigenvalue weighted by atomic mass is 9.81. The highest BCUT2D eigenvalue weighted by Gasteiger charge is 2.39. The van der Waals surface area contributed by atoms with Gasteiger partial charge in [0.25, 0.3) is 0 Å². The number of allylic oxidation sites excluding steroid dienone is 2. The zero-order valence-electron chi connectivity index (χ0n) is 14.2. The van der Waals surface area contributed by atoms with E-state index in [9.17, 15) is 14.3 Å². The van der Waals surface area contributed by atoms with E-state index in [-0.39, 0.29) is 17.5 Å². The molecule has 1 heterocycles. The average Bonchev–Trinajstić information content (AvgIpc) is 2.84. The smallest absolute Gasteiger partial charge is 0.229 e. The molecule has 5 heteroatoms. The summed E-state index contributed by atoms with van der Waals surface area (Å²) in [6, 6.07) is 4.18. The van der Waals surface area contributed by atoms with E-state index in [4.69, 9.17) is 0 Å². The molecule has 0 radical (unpaired) electrons. The second-order valence-corrected chi connectivity index (χ2v) is 6.31. The Morgan fingerprint density at radius 3 is 2.58 bits per heavy atom. The maximum atomic E-state index is 13.5. The molecule has 24 heavy (non-hydrogen) atoms. The highest BCUT2D eigenvalue weighted by Crippen LogP contribution is 2.37. The molecule has 1 aliphatic heterocycles. The monoisotopic (exact) mass is 330 g/mol. The van der Waals surface area contributed by atoms with Crippen LogP contribution in [0.25, 0.3) is 0 Å². The van der Waals surface area contributed by atoms with Gasteiger partial charge in [-0.05, 0) is 38.5 Å². The molecule has 1 saturated heterocycles. The lowest BCUT2D eigenvalue weighted by Crippen LogP contribution is -2.25. The molecule has 1 aromatic rings. The molecule has 1 aliphatic rings. The fraction of sp³-hybridized carbons (Fsp3) is 0.316. The van der Waals surface area contributed by atoms with Gasteiger partial charge < -0.3 is 15.7 Å². The number of carbonyl (C=O) groups is 1. The fourth-order valence-electron chi connectivity index (χ4n) is 3.27. The Balaban J connectivity index is 2.32. The van der Waals surface area contributed by atoms with Gasteiger partial charge in [0.15, 0.2) is 11.6 Å². The molecule has 1 aromatic carbocycles. The maximum absolute atomic E-state index is 13.5. The van der Waals surface area contributed by atoms with Crippen molar-refractivity contribution in [3.05, 3.63) is 59.6 Å². The standard InChI is InChI=1S/C19H23FN2O2/c1-10(2)16(11(3)4)13-9-21-19(24)17(13)12(5)22-15-8-6-7-14(20)18(15)23/h6-8,13,17,22-23H,1,5,9H2,2-4H3,(H,21,24)/t13-,17-/m1/s1. The molecule has 2 rings (SSSR count). The Labute approximate surface area is 141 Å². The van der Waals surface area contributed by atoms with Gasteiger partial charge in [-0.2, -0.15) is 0 Å². The van der Waals surface area contributed by atoms with Crippen LogP contribution in [0.3, 0.4) is 0 Å². The predicted molar refractivity (Wildman–Crippen MR) is 94.0 cm³/mol. The number of phenols is 1. The van der Waals surface area contributed by atoms with E-state index in [1.807, 2.05) is 20.8 Å². The number of rotatable bonds is 5. The number of benzene rings is 1. The largest absolute Gasteiger partial charge is 0.503 e. The van der Waals surface area contributed by atoms with Gasteiger partial charge in [0.1, 0.15) is 0 Å². The molecule has 0 bridgehead atoms. The van der Waals surface area contributed by atoms with Crippen LogP contribution in [0.2, 0.25) is 0 Å². The van der Waals surface area contributed by atoms with Gasteiger partial charge in [-0.1, -0.05) is 30.4 Å². The number of para-hydroxylation sites is 1. The van der Waals surface area contributed by atoms with Crippen LogP contribution < -0.4 is 10.6 Å². The molecule has 3 N–H and O–H groups in total. The molecular formula is C19H23FN2O2. The van der Waals surface area contributed by atoms with Crippen molar-refractivity contribution >= 4 is 11.6 Å². The molecule has 0 saturated carbocycles. The quantitative estimate of drug-likeness (QED) is 0.569. The normalized spacial score (nSPS) is 19.6. The third-order valence-corrected chi connectivity index (χ3v) is 4.21. The van der Waals surface area contributed by atoms with Crippen molar-refractivity contribution in [3.8, 4) is 5.75 Å². The van der Waals surface area contributed by atoms with E-state index in [0.29, 0.717) is 12.2 Å². The molecular weight excluding hydrogens is 307 g/mol. The number of hydrogen-bond donors (Lipinski definition) is 3. The fourth-order valence-corrected chi connectivity index (χ4v) is 3.27. The number of halogens is 1. The highest BCUT2D eigenvalue weighted by molar-refractivity contribution is 5.86.